The number of hydrogen-bond acceptors (Lipinski definition) is 3. The molecule has 1 aromatic carbocycles. The van der Waals surface area contributed by atoms with Crippen molar-refractivity contribution in [1.29, 1.82) is 0 Å². The van der Waals surface area contributed by atoms with Crippen molar-refractivity contribution in [3.8, 4) is 18.2 Å². The van der Waals surface area contributed by atoms with Crippen molar-refractivity contribution in [2.75, 3.05) is 13.7 Å². The third-order valence-electron chi connectivity index (χ3n) is 2.09. The lowest BCUT2D eigenvalue weighted by Crippen LogP contribution is -2.26. The van der Waals surface area contributed by atoms with Crippen LogP contribution in [0.1, 0.15) is 0 Å². The molecule has 0 N–H and O–H groups in total. The highest BCUT2D eigenvalue weighted by atomic mass is 32.2. The van der Waals surface area contributed by atoms with Gasteiger partial charge in [0.2, 0.25) is 0 Å². The van der Waals surface area contributed by atoms with E-state index in [4.69, 9.17) is 11.2 Å². The minimum absolute atomic E-state index is 0.0743. The molecule has 1 aromatic rings. The zero-order valence-electron chi connectivity index (χ0n) is 9.46. The number of hydrogen-bond donors (Lipinski definition) is 0. The highest BCUT2D eigenvalue weighted by Crippen LogP contribution is 2.18. The molecule has 0 aliphatic rings. The van der Waals surface area contributed by atoms with Crippen LogP contribution in [0.5, 0.6) is 5.75 Å². The molecule has 17 heavy (non-hydrogen) atoms. The van der Waals surface area contributed by atoms with E-state index < -0.39 is 10.0 Å². The van der Waals surface area contributed by atoms with E-state index in [1.807, 2.05) is 0 Å². The van der Waals surface area contributed by atoms with Crippen molar-refractivity contribution >= 4 is 10.0 Å². The quantitative estimate of drug-likeness (QED) is 0.452. The average molecular weight is 251 g/mol. The van der Waals surface area contributed by atoms with E-state index >= 15 is 0 Å². The van der Waals surface area contributed by atoms with Gasteiger partial charge in [-0.25, -0.2) is 12.7 Å². The lowest BCUT2D eigenvalue weighted by Gasteiger charge is -2.15. The van der Waals surface area contributed by atoms with Crippen LogP contribution in [0.2, 0.25) is 0 Å². The summed E-state index contributed by atoms with van der Waals surface area (Å²) >= 11 is 0. The molecule has 0 aliphatic heterocycles. The van der Waals surface area contributed by atoms with Gasteiger partial charge in [0.1, 0.15) is 5.75 Å². The molecule has 0 radical (unpaired) electrons. The summed E-state index contributed by atoms with van der Waals surface area (Å²) < 4.78 is 29.9. The Hall–Kier alpha value is -1.93. The Morgan fingerprint density at radius 1 is 1.47 bits per heavy atom. The maximum atomic E-state index is 12.0. The molecule has 5 heteroatoms. The number of benzene rings is 1. The second kappa shape index (κ2) is 5.41. The first-order valence-electron chi connectivity index (χ1n) is 4.80. The van der Waals surface area contributed by atoms with Crippen LogP contribution in [0.4, 0.5) is 0 Å². The van der Waals surface area contributed by atoms with Crippen molar-refractivity contribution < 1.29 is 13.2 Å². The SMILES string of the molecule is C#CN(CC=C)S(=O)(=O)c1ccc(OC)cc1. The predicted molar refractivity (Wildman–Crippen MR) is 65.9 cm³/mol. The van der Waals surface area contributed by atoms with Crippen LogP contribution < -0.4 is 4.74 Å². The predicted octanol–water partition coefficient (Wildman–Crippen LogP) is 1.46. The summed E-state index contributed by atoms with van der Waals surface area (Å²) in [6.07, 6.45) is 6.59. The summed E-state index contributed by atoms with van der Waals surface area (Å²) in [7, 11) is -2.16. The lowest BCUT2D eigenvalue weighted by molar-refractivity contribution is 0.414. The molecule has 0 bridgehead atoms. The van der Waals surface area contributed by atoms with E-state index in [2.05, 4.69) is 12.6 Å². The van der Waals surface area contributed by atoms with Crippen LogP contribution >= 0.6 is 0 Å². The number of methoxy groups -OCH3 is 1. The van der Waals surface area contributed by atoms with Crippen molar-refractivity contribution in [1.82, 2.24) is 4.31 Å². The van der Waals surface area contributed by atoms with Gasteiger partial charge in [0.05, 0.1) is 18.6 Å². The molecule has 1 rings (SSSR count). The zero-order chi connectivity index (χ0) is 12.9. The standard InChI is InChI=1S/C12H13NO3S/c1-4-10-13(5-2)17(14,15)12-8-6-11(16-3)7-9-12/h2,4,6-9H,1,10H2,3H3. The van der Waals surface area contributed by atoms with Gasteiger partial charge < -0.3 is 4.74 Å². The molecule has 0 atom stereocenters. The fourth-order valence-electron chi connectivity index (χ4n) is 1.21. The van der Waals surface area contributed by atoms with E-state index in [0.717, 1.165) is 4.31 Å². The molecule has 0 heterocycles. The van der Waals surface area contributed by atoms with Crippen LogP contribution in [-0.4, -0.2) is 26.4 Å². The molecule has 0 saturated heterocycles. The first kappa shape index (κ1) is 13.1. The summed E-state index contributed by atoms with van der Waals surface area (Å²) in [6.45, 7) is 3.54. The molecule has 0 saturated carbocycles. The van der Waals surface area contributed by atoms with E-state index in [-0.39, 0.29) is 11.4 Å². The molecule has 0 amide bonds. The van der Waals surface area contributed by atoms with E-state index in [0.29, 0.717) is 5.75 Å². The summed E-state index contributed by atoms with van der Waals surface area (Å²) in [4.78, 5) is 0.123. The molecule has 4 nitrogen and oxygen atoms in total. The van der Waals surface area contributed by atoms with Gasteiger partial charge in [0.15, 0.2) is 0 Å². The number of rotatable bonds is 5. The van der Waals surface area contributed by atoms with E-state index in [9.17, 15) is 8.42 Å². The molecule has 0 aromatic heterocycles. The fraction of sp³-hybridized carbons (Fsp3) is 0.167. The first-order chi connectivity index (χ1) is 8.06. The molecule has 0 unspecified atom stereocenters. The summed E-state index contributed by atoms with van der Waals surface area (Å²) in [6, 6.07) is 8.14. The Kier molecular flexibility index (Phi) is 4.18. The Morgan fingerprint density at radius 2 is 2.06 bits per heavy atom. The molecular formula is C12H13NO3S. The summed E-state index contributed by atoms with van der Waals surface area (Å²) in [5, 5.41) is 0. The largest absolute Gasteiger partial charge is 0.497 e. The smallest absolute Gasteiger partial charge is 0.271 e. The average Bonchev–Trinajstić information content (AvgIpc) is 2.35. The van der Waals surface area contributed by atoms with Crippen LogP contribution in [0.15, 0.2) is 41.8 Å². The zero-order valence-corrected chi connectivity index (χ0v) is 10.3. The van der Waals surface area contributed by atoms with Crippen LogP contribution in [0.3, 0.4) is 0 Å². The topological polar surface area (TPSA) is 46.6 Å². The van der Waals surface area contributed by atoms with Crippen LogP contribution in [-0.2, 0) is 10.0 Å². The van der Waals surface area contributed by atoms with Gasteiger partial charge in [-0.2, -0.15) is 0 Å². The third kappa shape index (κ3) is 2.80. The van der Waals surface area contributed by atoms with E-state index in [1.165, 1.54) is 25.3 Å². The highest BCUT2D eigenvalue weighted by molar-refractivity contribution is 7.89. The highest BCUT2D eigenvalue weighted by Gasteiger charge is 2.20. The van der Waals surface area contributed by atoms with Gasteiger partial charge in [-0.3, -0.25) is 0 Å². The minimum Gasteiger partial charge on any atom is -0.497 e. The minimum atomic E-state index is -3.67. The molecule has 90 valence electrons. The van der Waals surface area contributed by atoms with Crippen molar-refractivity contribution in [2.45, 2.75) is 4.90 Å². The number of terminal acetylenes is 1. The molecule has 0 aliphatic carbocycles. The van der Waals surface area contributed by atoms with Gasteiger partial charge in [-0.15, -0.1) is 6.58 Å². The van der Waals surface area contributed by atoms with Crippen molar-refractivity contribution in [2.24, 2.45) is 0 Å². The Balaban J connectivity index is 3.12. The van der Waals surface area contributed by atoms with Crippen LogP contribution in [0, 0.1) is 12.5 Å². The molecule has 0 fully saturated rings. The second-order valence-electron chi connectivity index (χ2n) is 3.13. The summed E-state index contributed by atoms with van der Waals surface area (Å²) in [5.41, 5.74) is 0. The second-order valence-corrected chi connectivity index (χ2v) is 4.99. The third-order valence-corrected chi connectivity index (χ3v) is 3.79. The maximum absolute atomic E-state index is 12.0. The maximum Gasteiger partial charge on any atom is 0.271 e. The Labute approximate surface area is 102 Å². The monoisotopic (exact) mass is 251 g/mol. The number of ether oxygens (including phenoxy) is 1. The molecule has 0 spiro atoms. The summed E-state index contributed by atoms with van der Waals surface area (Å²) in [5.74, 6) is 0.583. The van der Waals surface area contributed by atoms with Gasteiger partial charge in [0, 0.05) is 6.04 Å². The van der Waals surface area contributed by atoms with Crippen molar-refractivity contribution in [3.63, 3.8) is 0 Å². The normalized spacial score (nSPS) is 10.4. The van der Waals surface area contributed by atoms with Gasteiger partial charge in [-0.05, 0) is 24.3 Å². The number of sulfonamides is 1. The van der Waals surface area contributed by atoms with Gasteiger partial charge in [0.25, 0.3) is 10.0 Å². The van der Waals surface area contributed by atoms with Crippen molar-refractivity contribution in [3.05, 3.63) is 36.9 Å². The Morgan fingerprint density at radius 3 is 2.47 bits per heavy atom. The first-order valence-corrected chi connectivity index (χ1v) is 6.24. The lowest BCUT2D eigenvalue weighted by atomic mass is 10.3. The Bertz CT molecular complexity index is 526. The molecular weight excluding hydrogens is 238 g/mol. The van der Waals surface area contributed by atoms with Gasteiger partial charge >= 0.3 is 0 Å². The van der Waals surface area contributed by atoms with Gasteiger partial charge in [-0.1, -0.05) is 12.5 Å². The number of nitrogens with zero attached hydrogens (tertiary/aromatic N) is 1. The van der Waals surface area contributed by atoms with E-state index in [1.54, 1.807) is 12.1 Å². The fourth-order valence-corrected chi connectivity index (χ4v) is 2.39. The van der Waals surface area contributed by atoms with Crippen LogP contribution in [0.25, 0.3) is 0 Å².